The van der Waals surface area contributed by atoms with Crippen molar-refractivity contribution in [2.45, 2.75) is 6.54 Å². The standard InChI is InChI=1S/C22H17BrN2O4/c23-17-8-2-3-9-18(17)24-21(26)14-25(13-16-7-5-11-28-16)22(27)20-12-15-6-1-4-10-19(15)29-20/h1-12H,13-14H2,(H,24,26). The number of hydrogen-bond donors (Lipinski definition) is 1. The number of rotatable bonds is 6. The number of benzene rings is 2. The number of para-hydroxylation sites is 2. The molecule has 7 heteroatoms. The summed E-state index contributed by atoms with van der Waals surface area (Å²) in [5.74, 6) is 0.0300. The molecule has 0 bridgehead atoms. The van der Waals surface area contributed by atoms with Gasteiger partial charge < -0.3 is 19.1 Å². The molecule has 0 aliphatic rings. The van der Waals surface area contributed by atoms with Crippen molar-refractivity contribution in [1.29, 1.82) is 0 Å². The van der Waals surface area contributed by atoms with Crippen molar-refractivity contribution in [1.82, 2.24) is 4.90 Å². The van der Waals surface area contributed by atoms with Crippen molar-refractivity contribution >= 4 is 44.4 Å². The predicted molar refractivity (Wildman–Crippen MR) is 112 cm³/mol. The van der Waals surface area contributed by atoms with Crippen LogP contribution >= 0.6 is 15.9 Å². The van der Waals surface area contributed by atoms with Crippen LogP contribution in [0.3, 0.4) is 0 Å². The van der Waals surface area contributed by atoms with E-state index in [0.29, 0.717) is 17.0 Å². The van der Waals surface area contributed by atoms with E-state index in [1.807, 2.05) is 36.4 Å². The lowest BCUT2D eigenvalue weighted by molar-refractivity contribution is -0.117. The zero-order chi connectivity index (χ0) is 20.2. The minimum atomic E-state index is -0.389. The van der Waals surface area contributed by atoms with E-state index >= 15 is 0 Å². The van der Waals surface area contributed by atoms with Crippen molar-refractivity contribution < 1.29 is 18.4 Å². The third kappa shape index (κ3) is 4.41. The number of amides is 2. The van der Waals surface area contributed by atoms with Crippen LogP contribution in [0.25, 0.3) is 11.0 Å². The molecule has 2 aromatic carbocycles. The largest absolute Gasteiger partial charge is 0.467 e. The first-order chi connectivity index (χ1) is 14.1. The third-order valence-corrected chi connectivity index (χ3v) is 5.02. The van der Waals surface area contributed by atoms with Gasteiger partial charge in [-0.3, -0.25) is 9.59 Å². The molecular formula is C22H17BrN2O4. The number of fused-ring (bicyclic) bond motifs is 1. The van der Waals surface area contributed by atoms with Crippen LogP contribution in [0.5, 0.6) is 0 Å². The van der Waals surface area contributed by atoms with E-state index in [2.05, 4.69) is 21.2 Å². The Balaban J connectivity index is 1.56. The highest BCUT2D eigenvalue weighted by Gasteiger charge is 2.23. The van der Waals surface area contributed by atoms with Crippen LogP contribution in [0.4, 0.5) is 5.69 Å². The highest BCUT2D eigenvalue weighted by atomic mass is 79.9. The van der Waals surface area contributed by atoms with E-state index in [-0.39, 0.29) is 30.7 Å². The molecule has 1 N–H and O–H groups in total. The highest BCUT2D eigenvalue weighted by molar-refractivity contribution is 9.10. The van der Waals surface area contributed by atoms with Crippen LogP contribution in [0.2, 0.25) is 0 Å². The number of nitrogens with one attached hydrogen (secondary N) is 1. The summed E-state index contributed by atoms with van der Waals surface area (Å²) in [6.45, 7) is -0.00975. The first-order valence-electron chi connectivity index (χ1n) is 8.95. The van der Waals surface area contributed by atoms with Crippen molar-refractivity contribution in [2.75, 3.05) is 11.9 Å². The maximum absolute atomic E-state index is 13.1. The van der Waals surface area contributed by atoms with Crippen LogP contribution in [0, 0.1) is 0 Å². The molecule has 4 aromatic rings. The number of anilines is 1. The van der Waals surface area contributed by atoms with Crippen LogP contribution in [-0.4, -0.2) is 23.3 Å². The van der Waals surface area contributed by atoms with E-state index in [9.17, 15) is 9.59 Å². The van der Waals surface area contributed by atoms with Crippen molar-refractivity contribution in [2.24, 2.45) is 0 Å². The minimum Gasteiger partial charge on any atom is -0.467 e. The van der Waals surface area contributed by atoms with Gasteiger partial charge in [0.1, 0.15) is 17.9 Å². The normalized spacial score (nSPS) is 10.8. The molecule has 0 aliphatic heterocycles. The first-order valence-corrected chi connectivity index (χ1v) is 9.74. The van der Waals surface area contributed by atoms with Crippen LogP contribution in [0.1, 0.15) is 16.3 Å². The quantitative estimate of drug-likeness (QED) is 0.443. The maximum atomic E-state index is 13.1. The molecule has 4 rings (SSSR count). The molecule has 2 aromatic heterocycles. The second-order valence-corrected chi connectivity index (χ2v) is 7.27. The van der Waals surface area contributed by atoms with Gasteiger partial charge >= 0.3 is 0 Å². The molecule has 2 amide bonds. The average Bonchev–Trinajstić information content (AvgIpc) is 3.38. The number of hydrogen-bond acceptors (Lipinski definition) is 4. The topological polar surface area (TPSA) is 75.7 Å². The number of halogens is 1. The Hall–Kier alpha value is -3.32. The van der Waals surface area contributed by atoms with Gasteiger partial charge in [0.2, 0.25) is 5.91 Å². The monoisotopic (exact) mass is 452 g/mol. The van der Waals surface area contributed by atoms with Gasteiger partial charge in [0, 0.05) is 9.86 Å². The van der Waals surface area contributed by atoms with Crippen LogP contribution in [-0.2, 0) is 11.3 Å². The second kappa shape index (κ2) is 8.36. The van der Waals surface area contributed by atoms with Crippen molar-refractivity contribution in [3.63, 3.8) is 0 Å². The lowest BCUT2D eigenvalue weighted by atomic mass is 10.2. The van der Waals surface area contributed by atoms with E-state index in [1.54, 1.807) is 30.3 Å². The predicted octanol–water partition coefficient (Wildman–Crippen LogP) is 5.07. The van der Waals surface area contributed by atoms with Gasteiger partial charge in [-0.05, 0) is 52.3 Å². The Morgan fingerprint density at radius 2 is 1.79 bits per heavy atom. The zero-order valence-electron chi connectivity index (χ0n) is 15.3. The SMILES string of the molecule is O=C(CN(Cc1ccco1)C(=O)c1cc2ccccc2o1)Nc1ccccc1Br. The summed E-state index contributed by atoms with van der Waals surface area (Å²) in [6.07, 6.45) is 1.53. The average molecular weight is 453 g/mol. The molecule has 29 heavy (non-hydrogen) atoms. The Bertz CT molecular complexity index is 1120. The van der Waals surface area contributed by atoms with Crippen LogP contribution < -0.4 is 5.32 Å². The lowest BCUT2D eigenvalue weighted by Gasteiger charge is -2.20. The fourth-order valence-corrected chi connectivity index (χ4v) is 3.34. The molecule has 0 radical (unpaired) electrons. The van der Waals surface area contributed by atoms with E-state index < -0.39 is 0 Å². The first kappa shape index (κ1) is 19.0. The lowest BCUT2D eigenvalue weighted by Crippen LogP contribution is -2.37. The van der Waals surface area contributed by atoms with E-state index in [4.69, 9.17) is 8.83 Å². The summed E-state index contributed by atoms with van der Waals surface area (Å²) in [5.41, 5.74) is 1.25. The number of carbonyl (C=O) groups is 2. The third-order valence-electron chi connectivity index (χ3n) is 4.33. The summed E-state index contributed by atoms with van der Waals surface area (Å²) < 4.78 is 11.8. The highest BCUT2D eigenvalue weighted by Crippen LogP contribution is 2.23. The van der Waals surface area contributed by atoms with E-state index in [0.717, 1.165) is 9.86 Å². The molecule has 6 nitrogen and oxygen atoms in total. The fourth-order valence-electron chi connectivity index (χ4n) is 2.96. The molecule has 0 atom stereocenters. The fraction of sp³-hybridized carbons (Fsp3) is 0.0909. The molecule has 0 spiro atoms. The van der Waals surface area contributed by atoms with Gasteiger partial charge in [0.15, 0.2) is 5.76 Å². The number of nitrogens with zero attached hydrogens (tertiary/aromatic N) is 1. The number of furan rings is 2. The zero-order valence-corrected chi connectivity index (χ0v) is 16.9. The van der Waals surface area contributed by atoms with Crippen LogP contribution in [0.15, 0.2) is 86.3 Å². The van der Waals surface area contributed by atoms with Crippen molar-refractivity contribution in [3.8, 4) is 0 Å². The molecule has 0 saturated carbocycles. The molecule has 0 aliphatic carbocycles. The summed E-state index contributed by atoms with van der Waals surface area (Å²) in [4.78, 5) is 27.1. The van der Waals surface area contributed by atoms with Gasteiger partial charge in [0.25, 0.3) is 5.91 Å². The Labute approximate surface area is 175 Å². The summed E-state index contributed by atoms with van der Waals surface area (Å²) in [7, 11) is 0. The maximum Gasteiger partial charge on any atom is 0.290 e. The Kier molecular flexibility index (Phi) is 5.48. The molecular weight excluding hydrogens is 436 g/mol. The minimum absolute atomic E-state index is 0.145. The van der Waals surface area contributed by atoms with E-state index in [1.165, 1.54) is 11.2 Å². The Morgan fingerprint density at radius 3 is 2.55 bits per heavy atom. The van der Waals surface area contributed by atoms with Gasteiger partial charge in [-0.25, -0.2) is 0 Å². The molecule has 0 saturated heterocycles. The molecule has 146 valence electrons. The summed E-state index contributed by atoms with van der Waals surface area (Å²) in [5, 5.41) is 3.64. The summed E-state index contributed by atoms with van der Waals surface area (Å²) in [6, 6.07) is 19.8. The Morgan fingerprint density at radius 1 is 1.00 bits per heavy atom. The smallest absolute Gasteiger partial charge is 0.290 e. The van der Waals surface area contributed by atoms with Gasteiger partial charge in [0.05, 0.1) is 18.5 Å². The second-order valence-electron chi connectivity index (χ2n) is 6.42. The number of carbonyl (C=O) groups excluding carboxylic acids is 2. The van der Waals surface area contributed by atoms with Gasteiger partial charge in [-0.2, -0.15) is 0 Å². The van der Waals surface area contributed by atoms with Crippen molar-refractivity contribution in [3.05, 3.63) is 89.0 Å². The molecule has 0 unspecified atom stereocenters. The molecule has 2 heterocycles. The van der Waals surface area contributed by atoms with Gasteiger partial charge in [-0.15, -0.1) is 0 Å². The summed E-state index contributed by atoms with van der Waals surface area (Å²) >= 11 is 3.40. The molecule has 0 fully saturated rings. The van der Waals surface area contributed by atoms with Gasteiger partial charge in [-0.1, -0.05) is 30.3 Å².